The number of nitrogens with zero attached hydrogens (tertiary/aromatic N) is 1. The van der Waals surface area contributed by atoms with Gasteiger partial charge in [0.25, 0.3) is 5.91 Å². The first-order chi connectivity index (χ1) is 18.0. The van der Waals surface area contributed by atoms with Gasteiger partial charge in [-0.05, 0) is 70.4 Å². The van der Waals surface area contributed by atoms with Crippen molar-refractivity contribution in [3.05, 3.63) is 124 Å². The summed E-state index contributed by atoms with van der Waals surface area (Å²) in [6, 6.07) is 33.5. The van der Waals surface area contributed by atoms with Crippen LogP contribution in [0.25, 0.3) is 27.6 Å². The van der Waals surface area contributed by atoms with Crippen molar-refractivity contribution < 1.29 is 9.53 Å². The summed E-state index contributed by atoms with van der Waals surface area (Å²) in [5, 5.41) is 16.9. The van der Waals surface area contributed by atoms with Crippen LogP contribution in [0.3, 0.4) is 0 Å². The molecule has 0 radical (unpaired) electrons. The van der Waals surface area contributed by atoms with E-state index in [9.17, 15) is 10.1 Å². The number of anilines is 1. The fraction of sp³-hybridized carbons (Fsp3) is 0.0625. The van der Waals surface area contributed by atoms with Gasteiger partial charge in [0.1, 0.15) is 24.0 Å². The normalized spacial score (nSPS) is 11.3. The molecule has 0 unspecified atom stereocenters. The molecule has 0 saturated carbocycles. The zero-order chi connectivity index (χ0) is 25.8. The van der Waals surface area contributed by atoms with Crippen LogP contribution in [0.1, 0.15) is 16.7 Å². The van der Waals surface area contributed by atoms with Gasteiger partial charge in [-0.2, -0.15) is 5.26 Å². The van der Waals surface area contributed by atoms with Crippen LogP contribution in [-0.4, -0.2) is 5.91 Å². The van der Waals surface area contributed by atoms with E-state index in [4.69, 9.17) is 4.74 Å². The molecule has 0 aliphatic rings. The minimum Gasteiger partial charge on any atom is -0.488 e. The Morgan fingerprint density at radius 2 is 1.54 bits per heavy atom. The van der Waals surface area contributed by atoms with Gasteiger partial charge in [0.2, 0.25) is 0 Å². The number of aryl methyl sites for hydroxylation is 1. The molecule has 37 heavy (non-hydrogen) atoms. The SMILES string of the molecule is Cc1ccc2ccccc2c1COc1ccc2ccccc2c1/C=C(\C#N)C(=O)Nc1ccc(Br)cc1. The van der Waals surface area contributed by atoms with E-state index in [0.717, 1.165) is 37.1 Å². The summed E-state index contributed by atoms with van der Waals surface area (Å²) >= 11 is 3.39. The highest BCUT2D eigenvalue weighted by molar-refractivity contribution is 9.10. The lowest BCUT2D eigenvalue weighted by Crippen LogP contribution is -2.13. The monoisotopic (exact) mass is 546 g/mol. The van der Waals surface area contributed by atoms with E-state index in [1.807, 2.05) is 60.7 Å². The molecule has 1 amide bonds. The molecule has 5 heteroatoms. The molecule has 0 aliphatic heterocycles. The number of ether oxygens (including phenoxy) is 1. The molecule has 5 aromatic rings. The molecule has 180 valence electrons. The molecule has 0 heterocycles. The van der Waals surface area contributed by atoms with E-state index in [-0.39, 0.29) is 5.57 Å². The maximum absolute atomic E-state index is 13.0. The average molecular weight is 547 g/mol. The molecule has 0 fully saturated rings. The van der Waals surface area contributed by atoms with Gasteiger partial charge in [-0.15, -0.1) is 0 Å². The first kappa shape index (κ1) is 24.3. The van der Waals surface area contributed by atoms with Gasteiger partial charge in [-0.25, -0.2) is 0 Å². The van der Waals surface area contributed by atoms with Gasteiger partial charge in [0.15, 0.2) is 0 Å². The molecule has 0 atom stereocenters. The van der Waals surface area contributed by atoms with Crippen molar-refractivity contribution in [2.45, 2.75) is 13.5 Å². The molecule has 0 saturated heterocycles. The van der Waals surface area contributed by atoms with Crippen LogP contribution in [0, 0.1) is 18.3 Å². The summed E-state index contributed by atoms with van der Waals surface area (Å²) in [5.74, 6) is 0.129. The number of benzene rings is 5. The predicted octanol–water partition coefficient (Wildman–Crippen LogP) is 8.19. The summed E-state index contributed by atoms with van der Waals surface area (Å²) in [7, 11) is 0. The molecule has 0 aliphatic carbocycles. The third-order valence-electron chi connectivity index (χ3n) is 6.33. The van der Waals surface area contributed by atoms with Crippen molar-refractivity contribution in [2.24, 2.45) is 0 Å². The lowest BCUT2D eigenvalue weighted by molar-refractivity contribution is -0.112. The third-order valence-corrected chi connectivity index (χ3v) is 6.86. The van der Waals surface area contributed by atoms with Crippen LogP contribution in [0.4, 0.5) is 5.69 Å². The van der Waals surface area contributed by atoms with Crippen LogP contribution in [0.2, 0.25) is 0 Å². The number of nitriles is 1. The quantitative estimate of drug-likeness (QED) is 0.172. The second-order valence-corrected chi connectivity index (χ2v) is 9.62. The molecule has 0 bridgehead atoms. The highest BCUT2D eigenvalue weighted by Crippen LogP contribution is 2.32. The Labute approximate surface area is 223 Å². The van der Waals surface area contributed by atoms with Gasteiger partial charge < -0.3 is 10.1 Å². The molecule has 5 aromatic carbocycles. The number of amides is 1. The molecule has 4 nitrogen and oxygen atoms in total. The van der Waals surface area contributed by atoms with E-state index in [2.05, 4.69) is 58.5 Å². The van der Waals surface area contributed by atoms with Gasteiger partial charge in [0, 0.05) is 21.3 Å². The van der Waals surface area contributed by atoms with Gasteiger partial charge in [-0.3, -0.25) is 4.79 Å². The lowest BCUT2D eigenvalue weighted by Gasteiger charge is -2.15. The highest BCUT2D eigenvalue weighted by atomic mass is 79.9. The summed E-state index contributed by atoms with van der Waals surface area (Å²) in [6.45, 7) is 2.44. The van der Waals surface area contributed by atoms with Crippen LogP contribution < -0.4 is 10.1 Å². The smallest absolute Gasteiger partial charge is 0.266 e. The maximum atomic E-state index is 13.0. The molecule has 1 N–H and O–H groups in total. The number of nitrogens with one attached hydrogen (secondary N) is 1. The van der Waals surface area contributed by atoms with Crippen LogP contribution in [-0.2, 0) is 11.4 Å². The fourth-order valence-corrected chi connectivity index (χ4v) is 4.63. The Morgan fingerprint density at radius 1 is 0.892 bits per heavy atom. The molecular weight excluding hydrogens is 524 g/mol. The predicted molar refractivity (Wildman–Crippen MR) is 153 cm³/mol. The number of fused-ring (bicyclic) bond motifs is 2. The number of hydrogen-bond donors (Lipinski definition) is 1. The number of halogens is 1. The van der Waals surface area contributed by atoms with Crippen molar-refractivity contribution in [1.82, 2.24) is 0 Å². The van der Waals surface area contributed by atoms with Crippen molar-refractivity contribution in [1.29, 1.82) is 5.26 Å². The molecule has 5 rings (SSSR count). The van der Waals surface area contributed by atoms with Crippen molar-refractivity contribution in [3.8, 4) is 11.8 Å². The van der Waals surface area contributed by atoms with Gasteiger partial charge in [0.05, 0.1) is 0 Å². The van der Waals surface area contributed by atoms with Gasteiger partial charge in [-0.1, -0.05) is 82.7 Å². The second-order valence-electron chi connectivity index (χ2n) is 8.70. The Balaban J connectivity index is 1.53. The summed E-state index contributed by atoms with van der Waals surface area (Å²) in [5.41, 5.74) is 3.54. The van der Waals surface area contributed by atoms with Crippen LogP contribution >= 0.6 is 15.9 Å². The number of hydrogen-bond acceptors (Lipinski definition) is 3. The van der Waals surface area contributed by atoms with E-state index in [1.54, 1.807) is 18.2 Å². The van der Waals surface area contributed by atoms with E-state index >= 15 is 0 Å². The Bertz CT molecular complexity index is 1700. The summed E-state index contributed by atoms with van der Waals surface area (Å²) in [6.07, 6.45) is 1.61. The summed E-state index contributed by atoms with van der Waals surface area (Å²) < 4.78 is 7.29. The van der Waals surface area contributed by atoms with Crippen molar-refractivity contribution in [3.63, 3.8) is 0 Å². The topological polar surface area (TPSA) is 62.1 Å². The number of rotatable bonds is 6. The minimum atomic E-state index is -0.478. The molecule has 0 spiro atoms. The third kappa shape index (κ3) is 5.25. The zero-order valence-corrected chi connectivity index (χ0v) is 21.7. The fourth-order valence-electron chi connectivity index (χ4n) is 4.36. The summed E-state index contributed by atoms with van der Waals surface area (Å²) in [4.78, 5) is 13.0. The Kier molecular flexibility index (Phi) is 7.02. The number of carbonyl (C=O) groups excluding carboxylic acids is 1. The maximum Gasteiger partial charge on any atom is 0.266 e. The Hall–Kier alpha value is -4.40. The molecular formula is C32H23BrN2O2. The number of carbonyl (C=O) groups is 1. The first-order valence-corrected chi connectivity index (χ1v) is 12.6. The Morgan fingerprint density at radius 3 is 2.27 bits per heavy atom. The van der Waals surface area contributed by atoms with E-state index in [1.165, 1.54) is 0 Å². The van der Waals surface area contributed by atoms with E-state index < -0.39 is 5.91 Å². The minimum absolute atomic E-state index is 0.00883. The standard InChI is InChI=1S/C32H23BrN2O2/c1-21-10-11-22-6-3-5-9-28(22)30(21)20-37-31-17-12-23-7-2-4-8-27(23)29(31)18-24(19-34)32(36)35-26-15-13-25(33)14-16-26/h2-18H,20H2,1H3,(H,35,36)/b24-18+. The van der Waals surface area contributed by atoms with Crippen LogP contribution in [0.5, 0.6) is 5.75 Å². The lowest BCUT2D eigenvalue weighted by atomic mass is 9.99. The highest BCUT2D eigenvalue weighted by Gasteiger charge is 2.15. The first-order valence-electron chi connectivity index (χ1n) is 11.8. The van der Waals surface area contributed by atoms with Crippen LogP contribution in [0.15, 0.2) is 107 Å². The largest absolute Gasteiger partial charge is 0.488 e. The van der Waals surface area contributed by atoms with Crippen molar-refractivity contribution in [2.75, 3.05) is 5.32 Å². The second kappa shape index (κ2) is 10.7. The molecule has 0 aromatic heterocycles. The van der Waals surface area contributed by atoms with E-state index in [0.29, 0.717) is 23.6 Å². The van der Waals surface area contributed by atoms with Crippen molar-refractivity contribution >= 4 is 55.1 Å². The zero-order valence-electron chi connectivity index (χ0n) is 20.2. The van der Waals surface area contributed by atoms with Gasteiger partial charge >= 0.3 is 0 Å². The average Bonchev–Trinajstić information content (AvgIpc) is 2.92.